The van der Waals surface area contributed by atoms with Crippen molar-refractivity contribution >= 4 is 11.7 Å². The van der Waals surface area contributed by atoms with Gasteiger partial charge in [0.2, 0.25) is 0 Å². The number of nitrogens with one attached hydrogen (secondary N) is 1. The molecule has 0 radical (unpaired) electrons. The van der Waals surface area contributed by atoms with Gasteiger partial charge in [-0.2, -0.15) is 0 Å². The molecule has 3 nitrogen and oxygen atoms in total. The summed E-state index contributed by atoms with van der Waals surface area (Å²) < 4.78 is 0. The maximum atomic E-state index is 11.2. The summed E-state index contributed by atoms with van der Waals surface area (Å²) in [7, 11) is 0. The molecule has 1 unspecified atom stereocenters. The molecule has 2 N–H and O–H groups in total. The Bertz CT molecular complexity index is 436. The SMILES string of the molecule is Cc1ccc(C(=O)O)c(NC(C)C2CCCC2)c1. The van der Waals surface area contributed by atoms with E-state index in [9.17, 15) is 9.90 Å². The molecule has 1 saturated carbocycles. The van der Waals surface area contributed by atoms with Crippen LogP contribution in [-0.4, -0.2) is 17.1 Å². The Balaban J connectivity index is 2.16. The molecule has 2 rings (SSSR count). The van der Waals surface area contributed by atoms with Crippen LogP contribution < -0.4 is 5.32 Å². The molecule has 1 aromatic rings. The third-order valence-electron chi connectivity index (χ3n) is 3.90. The molecule has 0 aromatic heterocycles. The molecule has 0 heterocycles. The van der Waals surface area contributed by atoms with E-state index in [1.807, 2.05) is 19.1 Å². The molecular weight excluding hydrogens is 226 g/mol. The van der Waals surface area contributed by atoms with Crippen molar-refractivity contribution in [1.29, 1.82) is 0 Å². The van der Waals surface area contributed by atoms with Crippen molar-refractivity contribution in [3.8, 4) is 0 Å². The number of hydrogen-bond donors (Lipinski definition) is 2. The van der Waals surface area contributed by atoms with Crippen LogP contribution in [0.5, 0.6) is 0 Å². The number of carbonyl (C=O) groups is 1. The zero-order valence-electron chi connectivity index (χ0n) is 11.1. The average Bonchev–Trinajstić information content (AvgIpc) is 2.81. The molecule has 1 fully saturated rings. The Labute approximate surface area is 108 Å². The quantitative estimate of drug-likeness (QED) is 0.853. The van der Waals surface area contributed by atoms with Gasteiger partial charge in [0.15, 0.2) is 0 Å². The van der Waals surface area contributed by atoms with Gasteiger partial charge >= 0.3 is 5.97 Å². The van der Waals surface area contributed by atoms with Crippen LogP contribution in [0.25, 0.3) is 0 Å². The summed E-state index contributed by atoms with van der Waals surface area (Å²) >= 11 is 0. The molecule has 3 heteroatoms. The van der Waals surface area contributed by atoms with Gasteiger partial charge in [0.25, 0.3) is 0 Å². The molecule has 18 heavy (non-hydrogen) atoms. The summed E-state index contributed by atoms with van der Waals surface area (Å²) in [6.07, 6.45) is 5.11. The Hall–Kier alpha value is -1.51. The smallest absolute Gasteiger partial charge is 0.337 e. The predicted molar refractivity (Wildman–Crippen MR) is 73.2 cm³/mol. The van der Waals surface area contributed by atoms with Crippen LogP contribution in [0.3, 0.4) is 0 Å². The highest BCUT2D eigenvalue weighted by atomic mass is 16.4. The number of benzene rings is 1. The fraction of sp³-hybridized carbons (Fsp3) is 0.533. The van der Waals surface area contributed by atoms with E-state index in [1.165, 1.54) is 25.7 Å². The first kappa shape index (κ1) is 12.9. The first-order chi connectivity index (χ1) is 8.58. The second-order valence-electron chi connectivity index (χ2n) is 5.33. The lowest BCUT2D eigenvalue weighted by Gasteiger charge is -2.22. The summed E-state index contributed by atoms with van der Waals surface area (Å²) in [5.74, 6) is -0.191. The minimum Gasteiger partial charge on any atom is -0.478 e. The van der Waals surface area contributed by atoms with Crippen molar-refractivity contribution in [1.82, 2.24) is 0 Å². The van der Waals surface area contributed by atoms with E-state index in [1.54, 1.807) is 6.07 Å². The Kier molecular flexibility index (Phi) is 3.90. The average molecular weight is 247 g/mol. The molecule has 1 aromatic carbocycles. The van der Waals surface area contributed by atoms with Gasteiger partial charge in [0.05, 0.1) is 5.56 Å². The largest absolute Gasteiger partial charge is 0.478 e. The minimum atomic E-state index is -0.865. The van der Waals surface area contributed by atoms with Crippen molar-refractivity contribution in [2.45, 2.75) is 45.6 Å². The molecule has 1 aliphatic rings. The van der Waals surface area contributed by atoms with Gasteiger partial charge in [0, 0.05) is 11.7 Å². The van der Waals surface area contributed by atoms with Gasteiger partial charge in [0.1, 0.15) is 0 Å². The lowest BCUT2D eigenvalue weighted by molar-refractivity contribution is 0.0698. The fourth-order valence-corrected chi connectivity index (χ4v) is 2.78. The van der Waals surface area contributed by atoms with E-state index in [-0.39, 0.29) is 0 Å². The number of carboxylic acid groups (broad SMARTS) is 1. The molecule has 98 valence electrons. The Morgan fingerprint density at radius 1 is 1.39 bits per heavy atom. The van der Waals surface area contributed by atoms with Crippen LogP contribution >= 0.6 is 0 Å². The highest BCUT2D eigenvalue weighted by Gasteiger charge is 2.22. The zero-order valence-corrected chi connectivity index (χ0v) is 11.1. The lowest BCUT2D eigenvalue weighted by Crippen LogP contribution is -2.25. The first-order valence-corrected chi connectivity index (χ1v) is 6.68. The maximum absolute atomic E-state index is 11.2. The standard InChI is InChI=1S/C15H21NO2/c1-10-7-8-13(15(17)18)14(9-10)16-11(2)12-5-3-4-6-12/h7-9,11-12,16H,3-6H2,1-2H3,(H,17,18). The van der Waals surface area contributed by atoms with Gasteiger partial charge in [-0.05, 0) is 50.3 Å². The van der Waals surface area contributed by atoms with Crippen molar-refractivity contribution in [2.75, 3.05) is 5.32 Å². The summed E-state index contributed by atoms with van der Waals surface area (Å²) in [4.78, 5) is 11.2. The molecule has 0 spiro atoms. The van der Waals surface area contributed by atoms with E-state index in [0.29, 0.717) is 17.5 Å². The van der Waals surface area contributed by atoms with Gasteiger partial charge in [-0.1, -0.05) is 18.9 Å². The van der Waals surface area contributed by atoms with E-state index in [0.717, 1.165) is 11.3 Å². The molecule has 0 amide bonds. The van der Waals surface area contributed by atoms with Crippen LogP contribution in [0.4, 0.5) is 5.69 Å². The maximum Gasteiger partial charge on any atom is 0.337 e. The Morgan fingerprint density at radius 2 is 2.06 bits per heavy atom. The predicted octanol–water partition coefficient (Wildman–Crippen LogP) is 3.68. The van der Waals surface area contributed by atoms with Crippen LogP contribution in [-0.2, 0) is 0 Å². The van der Waals surface area contributed by atoms with Gasteiger partial charge in [-0.3, -0.25) is 0 Å². The van der Waals surface area contributed by atoms with Crippen molar-refractivity contribution in [2.24, 2.45) is 5.92 Å². The monoisotopic (exact) mass is 247 g/mol. The topological polar surface area (TPSA) is 49.3 Å². The molecule has 1 aliphatic carbocycles. The fourth-order valence-electron chi connectivity index (χ4n) is 2.78. The first-order valence-electron chi connectivity index (χ1n) is 6.68. The van der Waals surface area contributed by atoms with Crippen molar-refractivity contribution in [3.63, 3.8) is 0 Å². The lowest BCUT2D eigenvalue weighted by atomic mass is 9.98. The highest BCUT2D eigenvalue weighted by molar-refractivity contribution is 5.94. The number of hydrogen-bond acceptors (Lipinski definition) is 2. The molecule has 0 aliphatic heterocycles. The van der Waals surface area contributed by atoms with Crippen LogP contribution in [0, 0.1) is 12.8 Å². The molecule has 0 bridgehead atoms. The normalized spacial score (nSPS) is 17.7. The van der Waals surface area contributed by atoms with Crippen molar-refractivity contribution < 1.29 is 9.90 Å². The molecular formula is C15H21NO2. The number of aryl methyl sites for hydroxylation is 1. The summed E-state index contributed by atoms with van der Waals surface area (Å²) in [5.41, 5.74) is 2.20. The third-order valence-corrected chi connectivity index (χ3v) is 3.90. The number of carboxylic acids is 1. The number of aromatic carboxylic acids is 1. The van der Waals surface area contributed by atoms with Crippen LogP contribution in [0.2, 0.25) is 0 Å². The zero-order chi connectivity index (χ0) is 13.1. The van der Waals surface area contributed by atoms with E-state index in [2.05, 4.69) is 12.2 Å². The molecule has 0 saturated heterocycles. The second-order valence-corrected chi connectivity index (χ2v) is 5.33. The Morgan fingerprint density at radius 3 is 2.67 bits per heavy atom. The van der Waals surface area contributed by atoms with Crippen LogP contribution in [0.15, 0.2) is 18.2 Å². The van der Waals surface area contributed by atoms with Gasteiger partial charge < -0.3 is 10.4 Å². The van der Waals surface area contributed by atoms with E-state index < -0.39 is 5.97 Å². The molecule has 1 atom stereocenters. The van der Waals surface area contributed by atoms with E-state index >= 15 is 0 Å². The van der Waals surface area contributed by atoms with E-state index in [4.69, 9.17) is 0 Å². The summed E-state index contributed by atoms with van der Waals surface area (Å²) in [5, 5.41) is 12.6. The van der Waals surface area contributed by atoms with Crippen molar-refractivity contribution in [3.05, 3.63) is 29.3 Å². The number of rotatable bonds is 4. The van der Waals surface area contributed by atoms with Gasteiger partial charge in [-0.15, -0.1) is 0 Å². The van der Waals surface area contributed by atoms with Crippen LogP contribution in [0.1, 0.15) is 48.5 Å². The van der Waals surface area contributed by atoms with Gasteiger partial charge in [-0.25, -0.2) is 4.79 Å². The second kappa shape index (κ2) is 5.42. The summed E-state index contributed by atoms with van der Waals surface area (Å²) in [6.45, 7) is 4.14. The number of anilines is 1. The minimum absolute atomic E-state index is 0.340. The summed E-state index contributed by atoms with van der Waals surface area (Å²) in [6, 6.07) is 5.79. The third kappa shape index (κ3) is 2.84. The highest BCUT2D eigenvalue weighted by Crippen LogP contribution is 2.30.